The molecule has 5 rings (SSSR count). The Morgan fingerprint density at radius 3 is 2.27 bits per heavy atom. The molecule has 1 amide bonds. The normalized spacial score (nSPS) is 14.3. The van der Waals surface area contributed by atoms with Gasteiger partial charge in [-0.3, -0.25) is 19.8 Å². The van der Waals surface area contributed by atoms with Crippen LogP contribution in [-0.2, 0) is 16.6 Å². The quantitative estimate of drug-likeness (QED) is 0.0764. The molecule has 270 valence electrons. The molecule has 0 aliphatic carbocycles. The Hall–Kier alpha value is -4.08. The predicted octanol–water partition coefficient (Wildman–Crippen LogP) is 6.28. The summed E-state index contributed by atoms with van der Waals surface area (Å²) in [5.74, 6) is -0.289. The molecule has 51 heavy (non-hydrogen) atoms. The summed E-state index contributed by atoms with van der Waals surface area (Å²) in [5.41, 5.74) is 1.90. The van der Waals surface area contributed by atoms with Gasteiger partial charge in [-0.05, 0) is 87.4 Å². The fourth-order valence-electron chi connectivity index (χ4n) is 5.87. The molecule has 2 N–H and O–H groups in total. The number of nitrogens with one attached hydrogen (secondary N) is 2. The van der Waals surface area contributed by atoms with Gasteiger partial charge in [-0.2, -0.15) is 0 Å². The zero-order valence-corrected chi connectivity index (χ0v) is 31.5. The van der Waals surface area contributed by atoms with E-state index in [4.69, 9.17) is 0 Å². The molecule has 0 unspecified atom stereocenters. The molecular formula is C37H44N6O5S3. The highest BCUT2D eigenvalue weighted by Crippen LogP contribution is 2.34. The fourth-order valence-corrected chi connectivity index (χ4v) is 8.63. The van der Waals surface area contributed by atoms with E-state index in [0.717, 1.165) is 43.3 Å². The molecule has 1 heterocycles. The Morgan fingerprint density at radius 1 is 0.922 bits per heavy atom. The third-order valence-electron chi connectivity index (χ3n) is 8.64. The summed E-state index contributed by atoms with van der Waals surface area (Å²) in [6.07, 6.45) is 2.69. The molecule has 1 atom stereocenters. The molecule has 1 aliphatic rings. The molecule has 11 nitrogen and oxygen atoms in total. The fraction of sp³-hybridized carbons (Fsp3) is 0.324. The molecule has 0 saturated carbocycles. The van der Waals surface area contributed by atoms with E-state index in [2.05, 4.69) is 50.4 Å². The highest BCUT2D eigenvalue weighted by atomic mass is 32.2. The van der Waals surface area contributed by atoms with Crippen molar-refractivity contribution in [1.82, 2.24) is 14.5 Å². The summed E-state index contributed by atoms with van der Waals surface area (Å²) in [6, 6.07) is 28.6. The van der Waals surface area contributed by atoms with Crippen LogP contribution < -0.4 is 14.9 Å². The molecule has 0 bridgehead atoms. The monoisotopic (exact) mass is 748 g/mol. The number of carbonyl (C=O) groups excluding carboxylic acids is 1. The number of rotatable bonds is 16. The van der Waals surface area contributed by atoms with Crippen LogP contribution in [0, 0.1) is 10.1 Å². The first-order valence-corrected chi connectivity index (χ1v) is 20.4. The largest absolute Gasteiger partial charge is 0.375 e. The number of nitrogens with zero attached hydrogens (tertiary/aromatic N) is 4. The highest BCUT2D eigenvalue weighted by Gasteiger charge is 2.29. The summed E-state index contributed by atoms with van der Waals surface area (Å²) >= 11 is 3.33. The van der Waals surface area contributed by atoms with Crippen molar-refractivity contribution in [3.05, 3.63) is 118 Å². The average molecular weight is 749 g/mol. The minimum absolute atomic E-state index is 0.147. The SMILES string of the molecule is CSc1ccccc1CN1CCN(c2ccc(C(=O)NS(=O)(=O)c3cccc([N+](=O)[O-])c3N[C@H](CCN(C)C)CSc3ccccc3)cc2)CC1. The van der Waals surface area contributed by atoms with Crippen LogP contribution in [0.25, 0.3) is 0 Å². The van der Waals surface area contributed by atoms with Gasteiger partial charge in [-0.1, -0.05) is 42.5 Å². The number of benzene rings is 4. The predicted molar refractivity (Wildman–Crippen MR) is 208 cm³/mol. The van der Waals surface area contributed by atoms with Gasteiger partial charge in [0.05, 0.1) is 4.92 Å². The second kappa shape index (κ2) is 17.9. The van der Waals surface area contributed by atoms with Crippen LogP contribution in [0.5, 0.6) is 0 Å². The van der Waals surface area contributed by atoms with E-state index in [0.29, 0.717) is 18.7 Å². The van der Waals surface area contributed by atoms with Gasteiger partial charge in [0.1, 0.15) is 10.6 Å². The molecule has 0 spiro atoms. The Morgan fingerprint density at radius 2 is 1.61 bits per heavy atom. The van der Waals surface area contributed by atoms with E-state index in [9.17, 15) is 23.3 Å². The van der Waals surface area contributed by atoms with Gasteiger partial charge in [-0.15, -0.1) is 23.5 Å². The van der Waals surface area contributed by atoms with E-state index in [1.165, 1.54) is 28.7 Å². The lowest BCUT2D eigenvalue weighted by Crippen LogP contribution is -2.46. The maximum atomic E-state index is 13.7. The summed E-state index contributed by atoms with van der Waals surface area (Å²) in [4.78, 5) is 33.4. The lowest BCUT2D eigenvalue weighted by atomic mass is 10.1. The lowest BCUT2D eigenvalue weighted by molar-refractivity contribution is -0.384. The lowest BCUT2D eigenvalue weighted by Gasteiger charge is -2.36. The van der Waals surface area contributed by atoms with Gasteiger partial charge >= 0.3 is 0 Å². The summed E-state index contributed by atoms with van der Waals surface area (Å²) in [5, 5.41) is 15.3. The van der Waals surface area contributed by atoms with Crippen LogP contribution in [-0.4, -0.2) is 93.9 Å². The third kappa shape index (κ3) is 10.5. The number of thioether (sulfide) groups is 2. The number of hydrogen-bond donors (Lipinski definition) is 2. The maximum Gasteiger partial charge on any atom is 0.293 e. The Kier molecular flexibility index (Phi) is 13.4. The number of nitro groups is 1. The van der Waals surface area contributed by atoms with Gasteiger partial charge in [0.2, 0.25) is 0 Å². The third-order valence-corrected chi connectivity index (χ3v) is 12.0. The van der Waals surface area contributed by atoms with Crippen molar-refractivity contribution >= 4 is 56.5 Å². The van der Waals surface area contributed by atoms with Crippen molar-refractivity contribution in [2.24, 2.45) is 0 Å². The first-order chi connectivity index (χ1) is 24.5. The number of sulfonamides is 1. The van der Waals surface area contributed by atoms with Gasteiger partial charge in [-0.25, -0.2) is 13.1 Å². The van der Waals surface area contributed by atoms with E-state index in [1.807, 2.05) is 61.5 Å². The summed E-state index contributed by atoms with van der Waals surface area (Å²) < 4.78 is 29.6. The highest BCUT2D eigenvalue weighted by molar-refractivity contribution is 7.99. The van der Waals surface area contributed by atoms with E-state index < -0.39 is 20.9 Å². The summed E-state index contributed by atoms with van der Waals surface area (Å²) in [7, 11) is -0.649. The molecule has 1 saturated heterocycles. The Bertz CT molecular complexity index is 1890. The minimum Gasteiger partial charge on any atom is -0.375 e. The molecule has 0 radical (unpaired) electrons. The second-order valence-corrected chi connectivity index (χ2v) is 16.1. The van der Waals surface area contributed by atoms with Crippen molar-refractivity contribution in [2.45, 2.75) is 33.7 Å². The van der Waals surface area contributed by atoms with Crippen LogP contribution in [0.2, 0.25) is 0 Å². The van der Waals surface area contributed by atoms with E-state index >= 15 is 0 Å². The number of carbonyl (C=O) groups is 1. The minimum atomic E-state index is -4.51. The van der Waals surface area contributed by atoms with Crippen molar-refractivity contribution in [2.75, 3.05) is 69.0 Å². The number of piperazine rings is 1. The molecular weight excluding hydrogens is 705 g/mol. The van der Waals surface area contributed by atoms with Crippen LogP contribution in [0.4, 0.5) is 17.1 Å². The summed E-state index contributed by atoms with van der Waals surface area (Å²) in [6.45, 7) is 4.99. The van der Waals surface area contributed by atoms with Gasteiger partial charge < -0.3 is 15.1 Å². The molecule has 4 aromatic carbocycles. The average Bonchev–Trinajstić information content (AvgIpc) is 3.13. The second-order valence-electron chi connectivity index (χ2n) is 12.5. The number of amides is 1. The number of hydrogen-bond acceptors (Lipinski definition) is 11. The topological polar surface area (TPSA) is 128 Å². The Balaban J connectivity index is 1.27. The smallest absolute Gasteiger partial charge is 0.293 e. The van der Waals surface area contributed by atoms with Gasteiger partial charge in [0.15, 0.2) is 0 Å². The number of nitro benzene ring substituents is 1. The van der Waals surface area contributed by atoms with Crippen LogP contribution in [0.1, 0.15) is 22.3 Å². The molecule has 4 aromatic rings. The molecule has 14 heteroatoms. The van der Waals surface area contributed by atoms with E-state index in [-0.39, 0.29) is 27.9 Å². The molecule has 1 fully saturated rings. The van der Waals surface area contributed by atoms with Gasteiger partial charge in [0, 0.05) is 71.6 Å². The van der Waals surface area contributed by atoms with Crippen LogP contribution in [0.3, 0.4) is 0 Å². The van der Waals surface area contributed by atoms with Crippen LogP contribution in [0.15, 0.2) is 112 Å². The Labute approximate surface area is 309 Å². The zero-order valence-electron chi connectivity index (χ0n) is 29.0. The zero-order chi connectivity index (χ0) is 36.4. The number of anilines is 2. The maximum absolute atomic E-state index is 13.7. The van der Waals surface area contributed by atoms with Crippen LogP contribution >= 0.6 is 23.5 Å². The van der Waals surface area contributed by atoms with E-state index in [1.54, 1.807) is 35.7 Å². The van der Waals surface area contributed by atoms with Crippen molar-refractivity contribution in [1.29, 1.82) is 0 Å². The first kappa shape index (κ1) is 38.2. The standard InChI is InChI=1S/C37H44N6O5S3/c1-40(2)21-20-30(27-50-32-11-5-4-6-12-32)38-36-33(43(45)46)13-9-15-35(36)51(47,48)39-37(44)28-16-18-31(19-17-28)42-24-22-41(23-25-42)26-29-10-7-8-14-34(29)49-3/h4-19,30,38H,20-27H2,1-3H3,(H,39,44)/t30-/m1/s1. The van der Waals surface area contributed by atoms with Crippen molar-refractivity contribution < 1.29 is 18.1 Å². The molecule has 1 aliphatic heterocycles. The van der Waals surface area contributed by atoms with Crippen molar-refractivity contribution in [3.8, 4) is 0 Å². The molecule has 0 aromatic heterocycles. The number of para-hydroxylation sites is 1. The van der Waals surface area contributed by atoms with Crippen molar-refractivity contribution in [3.63, 3.8) is 0 Å². The first-order valence-electron chi connectivity index (χ1n) is 16.7. The van der Waals surface area contributed by atoms with Gasteiger partial charge in [0.25, 0.3) is 21.6 Å².